The van der Waals surface area contributed by atoms with Crippen LogP contribution in [0.1, 0.15) is 42.4 Å². The molecule has 0 N–H and O–H groups in total. The third-order valence-electron chi connectivity index (χ3n) is 5.85. The van der Waals surface area contributed by atoms with E-state index in [2.05, 4.69) is 60.7 Å². The van der Waals surface area contributed by atoms with Crippen LogP contribution in [0.3, 0.4) is 0 Å². The van der Waals surface area contributed by atoms with Crippen molar-refractivity contribution in [3.8, 4) is 5.75 Å². The van der Waals surface area contributed by atoms with Crippen LogP contribution in [-0.4, -0.2) is 19.2 Å². The lowest BCUT2D eigenvalue weighted by molar-refractivity contribution is -0.149. The summed E-state index contributed by atoms with van der Waals surface area (Å²) in [6.45, 7) is 2.87. The number of hydrogen-bond donors (Lipinski definition) is 0. The predicted octanol–water partition coefficient (Wildman–Crippen LogP) is 5.78. The first-order valence-corrected chi connectivity index (χ1v) is 10.7. The van der Waals surface area contributed by atoms with Crippen molar-refractivity contribution >= 4 is 5.97 Å². The van der Waals surface area contributed by atoms with E-state index < -0.39 is 0 Å². The molecule has 154 valence electrons. The van der Waals surface area contributed by atoms with E-state index >= 15 is 0 Å². The molecule has 0 aliphatic heterocycles. The molecule has 3 nitrogen and oxygen atoms in total. The smallest absolute Gasteiger partial charge is 0.312 e. The largest absolute Gasteiger partial charge is 0.493 e. The van der Waals surface area contributed by atoms with E-state index in [0.717, 1.165) is 30.6 Å². The van der Waals surface area contributed by atoms with Gasteiger partial charge in [0.15, 0.2) is 0 Å². The maximum atomic E-state index is 12.2. The van der Waals surface area contributed by atoms with Crippen molar-refractivity contribution in [2.45, 2.75) is 32.1 Å². The number of carbonyl (C=O) groups is 1. The summed E-state index contributed by atoms with van der Waals surface area (Å²) in [6, 6.07) is 29.1. The Morgan fingerprint density at radius 3 is 1.93 bits per heavy atom. The number of rotatable bonds is 9. The molecule has 0 spiro atoms. The molecule has 4 rings (SSSR count). The Balaban J connectivity index is 1.42. The zero-order valence-electron chi connectivity index (χ0n) is 17.4. The Morgan fingerprint density at radius 1 is 0.867 bits per heavy atom. The van der Waals surface area contributed by atoms with Crippen LogP contribution in [0.15, 0.2) is 84.9 Å². The summed E-state index contributed by atoms with van der Waals surface area (Å²) in [7, 11) is 0. The number of carbonyl (C=O) groups excluding carboxylic acids is 1. The summed E-state index contributed by atoms with van der Waals surface area (Å²) in [4.78, 5) is 12.2. The molecule has 3 heteroatoms. The van der Waals surface area contributed by atoms with Crippen LogP contribution in [0.5, 0.6) is 5.75 Å². The molecule has 3 aromatic carbocycles. The molecule has 1 aliphatic carbocycles. The summed E-state index contributed by atoms with van der Waals surface area (Å²) in [6.07, 6.45) is 2.57. The third-order valence-corrected chi connectivity index (χ3v) is 5.85. The highest BCUT2D eigenvalue weighted by atomic mass is 16.5. The summed E-state index contributed by atoms with van der Waals surface area (Å²) < 4.78 is 11.4. The van der Waals surface area contributed by atoms with Crippen LogP contribution in [-0.2, 0) is 16.0 Å². The van der Waals surface area contributed by atoms with E-state index in [1.165, 1.54) is 11.1 Å². The lowest BCUT2D eigenvalue weighted by Crippen LogP contribution is -2.21. The maximum absolute atomic E-state index is 12.2. The fraction of sp³-hybridized carbons (Fsp3) is 0.296. The van der Waals surface area contributed by atoms with Crippen LogP contribution in [0, 0.1) is 5.41 Å². The van der Waals surface area contributed by atoms with E-state index in [0.29, 0.717) is 13.2 Å². The molecule has 3 aromatic rings. The number of esters is 1. The van der Waals surface area contributed by atoms with Crippen molar-refractivity contribution in [3.05, 3.63) is 102 Å². The first-order valence-electron chi connectivity index (χ1n) is 10.7. The van der Waals surface area contributed by atoms with Gasteiger partial charge in [0.1, 0.15) is 5.75 Å². The fourth-order valence-corrected chi connectivity index (χ4v) is 3.92. The second kappa shape index (κ2) is 9.17. The third kappa shape index (κ3) is 4.73. The minimum atomic E-state index is -0.301. The second-order valence-electron chi connectivity index (χ2n) is 8.01. The molecule has 30 heavy (non-hydrogen) atoms. The van der Waals surface area contributed by atoms with Crippen LogP contribution < -0.4 is 4.74 Å². The van der Waals surface area contributed by atoms with E-state index in [1.54, 1.807) is 0 Å². The molecule has 0 radical (unpaired) electrons. The lowest BCUT2D eigenvalue weighted by atomic mass is 9.92. The summed E-state index contributed by atoms with van der Waals surface area (Å²) >= 11 is 0. The molecule has 0 amide bonds. The Kier molecular flexibility index (Phi) is 6.18. The number of benzene rings is 3. The summed E-state index contributed by atoms with van der Waals surface area (Å²) in [5.74, 6) is 0.959. The number of hydrogen-bond acceptors (Lipinski definition) is 3. The quantitative estimate of drug-likeness (QED) is 0.427. The molecule has 0 bridgehead atoms. The van der Waals surface area contributed by atoms with Crippen molar-refractivity contribution in [1.29, 1.82) is 0 Å². The van der Waals surface area contributed by atoms with Crippen LogP contribution in [0.4, 0.5) is 0 Å². The monoisotopic (exact) mass is 400 g/mol. The molecular formula is C27H28O3. The van der Waals surface area contributed by atoms with Gasteiger partial charge in [0.2, 0.25) is 0 Å². The van der Waals surface area contributed by atoms with E-state index in [1.807, 2.05) is 31.2 Å². The highest BCUT2D eigenvalue weighted by molar-refractivity contribution is 5.80. The van der Waals surface area contributed by atoms with Crippen LogP contribution in [0.25, 0.3) is 0 Å². The SMILES string of the molecule is CCOC(=O)C1(Cc2ccc(OCC(c3ccccc3)c3ccccc3)cc2)CC1. The maximum Gasteiger partial charge on any atom is 0.312 e. The number of ether oxygens (including phenoxy) is 2. The average molecular weight is 401 g/mol. The first-order chi connectivity index (χ1) is 14.7. The molecule has 0 aromatic heterocycles. The molecule has 1 saturated carbocycles. The van der Waals surface area contributed by atoms with Crippen LogP contribution >= 0.6 is 0 Å². The molecule has 1 aliphatic rings. The van der Waals surface area contributed by atoms with Gasteiger partial charge < -0.3 is 9.47 Å². The van der Waals surface area contributed by atoms with Crippen molar-refractivity contribution in [2.75, 3.05) is 13.2 Å². The standard InChI is InChI=1S/C27H28O3/c1-2-29-26(28)27(17-18-27)19-21-13-15-24(16-14-21)30-20-25(22-9-5-3-6-10-22)23-11-7-4-8-12-23/h3-16,25H,2,17-20H2,1H3. The average Bonchev–Trinajstić information content (AvgIpc) is 3.57. The van der Waals surface area contributed by atoms with Crippen molar-refractivity contribution in [1.82, 2.24) is 0 Å². The van der Waals surface area contributed by atoms with Crippen molar-refractivity contribution in [3.63, 3.8) is 0 Å². The second-order valence-corrected chi connectivity index (χ2v) is 8.01. The van der Waals surface area contributed by atoms with Crippen molar-refractivity contribution in [2.24, 2.45) is 5.41 Å². The normalized spacial score (nSPS) is 14.3. The predicted molar refractivity (Wildman–Crippen MR) is 119 cm³/mol. The fourth-order valence-electron chi connectivity index (χ4n) is 3.92. The molecule has 0 saturated heterocycles. The van der Waals surface area contributed by atoms with E-state index in [9.17, 15) is 4.79 Å². The highest BCUT2D eigenvalue weighted by Gasteiger charge is 2.50. The topological polar surface area (TPSA) is 35.5 Å². The van der Waals surface area contributed by atoms with Crippen LogP contribution in [0.2, 0.25) is 0 Å². The molecule has 0 heterocycles. The highest BCUT2D eigenvalue weighted by Crippen LogP contribution is 2.49. The van der Waals surface area contributed by atoms with E-state index in [-0.39, 0.29) is 17.3 Å². The molecular weight excluding hydrogens is 372 g/mol. The van der Waals surface area contributed by atoms with E-state index in [4.69, 9.17) is 9.47 Å². The minimum absolute atomic E-state index is 0.0566. The minimum Gasteiger partial charge on any atom is -0.493 e. The first kappa shape index (κ1) is 20.2. The van der Waals surface area contributed by atoms with Gasteiger partial charge in [0.05, 0.1) is 18.6 Å². The summed E-state index contributed by atoms with van der Waals surface area (Å²) in [5.41, 5.74) is 3.33. The zero-order chi connectivity index (χ0) is 20.8. The molecule has 0 unspecified atom stereocenters. The van der Waals surface area contributed by atoms with Gasteiger partial charge in [-0.3, -0.25) is 4.79 Å². The molecule has 0 atom stereocenters. The zero-order valence-corrected chi connectivity index (χ0v) is 17.4. The van der Waals surface area contributed by atoms with Gasteiger partial charge in [-0.25, -0.2) is 0 Å². The van der Waals surface area contributed by atoms with Gasteiger partial charge >= 0.3 is 5.97 Å². The Hall–Kier alpha value is -3.07. The Labute approximate surface area is 178 Å². The Morgan fingerprint density at radius 2 is 1.43 bits per heavy atom. The van der Waals surface area contributed by atoms with Gasteiger partial charge in [-0.05, 0) is 55.0 Å². The van der Waals surface area contributed by atoms with Gasteiger partial charge in [0, 0.05) is 5.92 Å². The van der Waals surface area contributed by atoms with Gasteiger partial charge in [-0.15, -0.1) is 0 Å². The van der Waals surface area contributed by atoms with Gasteiger partial charge in [0.25, 0.3) is 0 Å². The molecule has 1 fully saturated rings. The lowest BCUT2D eigenvalue weighted by Gasteiger charge is -2.19. The van der Waals surface area contributed by atoms with Gasteiger partial charge in [-0.1, -0.05) is 72.8 Å². The summed E-state index contributed by atoms with van der Waals surface area (Å²) in [5, 5.41) is 0. The van der Waals surface area contributed by atoms with Gasteiger partial charge in [-0.2, -0.15) is 0 Å². The Bertz CT molecular complexity index is 905. The van der Waals surface area contributed by atoms with Crippen molar-refractivity contribution < 1.29 is 14.3 Å².